The van der Waals surface area contributed by atoms with E-state index in [0.29, 0.717) is 6.10 Å². The molecule has 0 heterocycles. The molecule has 94 valence electrons. The van der Waals surface area contributed by atoms with Crippen LogP contribution in [0.15, 0.2) is 48.5 Å². The van der Waals surface area contributed by atoms with Crippen molar-refractivity contribution in [3.05, 3.63) is 59.7 Å². The van der Waals surface area contributed by atoms with Gasteiger partial charge < -0.3 is 4.74 Å². The molecule has 3 aromatic rings. The van der Waals surface area contributed by atoms with Crippen LogP contribution in [0, 0.1) is 0 Å². The summed E-state index contributed by atoms with van der Waals surface area (Å²) in [5, 5.41) is 5.54. The Morgan fingerprint density at radius 1 is 0.737 bits per heavy atom. The molecule has 1 aliphatic rings. The van der Waals surface area contributed by atoms with E-state index < -0.39 is 0 Å². The Morgan fingerprint density at radius 2 is 1.16 bits per heavy atom. The highest BCUT2D eigenvalue weighted by Crippen LogP contribution is 2.38. The van der Waals surface area contributed by atoms with Crippen LogP contribution in [0.5, 0.6) is 0 Å². The van der Waals surface area contributed by atoms with Crippen LogP contribution >= 0.6 is 0 Å². The molecular weight excluding hydrogens is 232 g/mol. The van der Waals surface area contributed by atoms with Crippen molar-refractivity contribution < 1.29 is 4.74 Å². The van der Waals surface area contributed by atoms with Crippen molar-refractivity contribution in [2.75, 3.05) is 7.11 Å². The van der Waals surface area contributed by atoms with Crippen LogP contribution in [0.25, 0.3) is 21.5 Å². The van der Waals surface area contributed by atoms with Crippen LogP contribution in [0.4, 0.5) is 0 Å². The summed E-state index contributed by atoms with van der Waals surface area (Å²) in [6, 6.07) is 17.5. The van der Waals surface area contributed by atoms with Crippen LogP contribution in [0.3, 0.4) is 0 Å². The zero-order chi connectivity index (χ0) is 12.8. The Morgan fingerprint density at radius 3 is 1.58 bits per heavy atom. The molecule has 0 N–H and O–H groups in total. The summed E-state index contributed by atoms with van der Waals surface area (Å²) in [5.74, 6) is 0. The normalized spacial score (nSPS) is 15.2. The first-order valence-corrected chi connectivity index (χ1v) is 6.82. The smallest absolute Gasteiger partial charge is 0.0652 e. The van der Waals surface area contributed by atoms with Crippen molar-refractivity contribution in [2.24, 2.45) is 0 Å². The maximum absolute atomic E-state index is 5.59. The summed E-state index contributed by atoms with van der Waals surface area (Å²) >= 11 is 0. The summed E-state index contributed by atoms with van der Waals surface area (Å²) in [7, 11) is 1.82. The molecule has 0 radical (unpaired) electrons. The van der Waals surface area contributed by atoms with Gasteiger partial charge in [0.1, 0.15) is 0 Å². The van der Waals surface area contributed by atoms with Crippen molar-refractivity contribution in [2.45, 2.75) is 18.9 Å². The molecule has 19 heavy (non-hydrogen) atoms. The van der Waals surface area contributed by atoms with Gasteiger partial charge in [-0.05, 0) is 45.5 Å². The summed E-state index contributed by atoms with van der Waals surface area (Å²) in [6.07, 6.45) is 2.41. The third-order valence-corrected chi connectivity index (χ3v) is 4.36. The Balaban J connectivity index is 2.17. The molecule has 3 aromatic carbocycles. The zero-order valence-electron chi connectivity index (χ0n) is 11.0. The molecule has 0 aromatic heterocycles. The number of methoxy groups -OCH3 is 1. The zero-order valence-corrected chi connectivity index (χ0v) is 11.0. The number of hydrogen-bond acceptors (Lipinski definition) is 1. The maximum Gasteiger partial charge on any atom is 0.0652 e. The van der Waals surface area contributed by atoms with Crippen molar-refractivity contribution in [1.29, 1.82) is 0 Å². The molecule has 0 saturated heterocycles. The van der Waals surface area contributed by atoms with Gasteiger partial charge in [0.25, 0.3) is 0 Å². The van der Waals surface area contributed by atoms with Gasteiger partial charge in [0.05, 0.1) is 6.10 Å². The highest BCUT2D eigenvalue weighted by atomic mass is 16.5. The molecule has 0 amide bonds. The van der Waals surface area contributed by atoms with Gasteiger partial charge in [-0.2, -0.15) is 0 Å². The van der Waals surface area contributed by atoms with E-state index in [4.69, 9.17) is 4.74 Å². The Kier molecular flexibility index (Phi) is 2.36. The number of rotatable bonds is 1. The quantitative estimate of drug-likeness (QED) is 0.589. The number of hydrogen-bond donors (Lipinski definition) is 0. The van der Waals surface area contributed by atoms with E-state index in [9.17, 15) is 0 Å². The Hall–Kier alpha value is -1.86. The molecule has 0 saturated carbocycles. The number of benzene rings is 3. The minimum absolute atomic E-state index is 0.337. The average Bonchev–Trinajstić information content (AvgIpc) is 2.92. The van der Waals surface area contributed by atoms with Crippen LogP contribution in [-0.4, -0.2) is 13.2 Å². The largest absolute Gasteiger partial charge is 0.381 e. The Labute approximate surface area is 112 Å². The van der Waals surface area contributed by atoms with Gasteiger partial charge in [-0.1, -0.05) is 48.5 Å². The summed E-state index contributed by atoms with van der Waals surface area (Å²) < 4.78 is 5.59. The molecule has 1 heteroatoms. The summed E-state index contributed by atoms with van der Waals surface area (Å²) in [5.41, 5.74) is 2.97. The molecule has 0 bridgehead atoms. The van der Waals surface area contributed by atoms with E-state index in [-0.39, 0.29) is 0 Å². The first-order valence-electron chi connectivity index (χ1n) is 6.82. The number of fused-ring (bicyclic) bond motifs is 6. The molecule has 0 fully saturated rings. The second-order valence-electron chi connectivity index (χ2n) is 5.31. The topological polar surface area (TPSA) is 9.23 Å². The fourth-order valence-corrected chi connectivity index (χ4v) is 3.45. The third-order valence-electron chi connectivity index (χ3n) is 4.36. The lowest BCUT2D eigenvalue weighted by Gasteiger charge is -2.10. The maximum atomic E-state index is 5.59. The predicted octanol–water partition coefficient (Wildman–Crippen LogP) is 4.11. The molecule has 0 atom stereocenters. The minimum atomic E-state index is 0.337. The van der Waals surface area contributed by atoms with Crippen LogP contribution in [0.2, 0.25) is 0 Å². The van der Waals surface area contributed by atoms with Gasteiger partial charge >= 0.3 is 0 Å². The van der Waals surface area contributed by atoms with E-state index in [2.05, 4.69) is 48.5 Å². The van der Waals surface area contributed by atoms with E-state index >= 15 is 0 Å². The molecule has 0 unspecified atom stereocenters. The molecule has 0 aliphatic heterocycles. The molecule has 0 spiro atoms. The fraction of sp³-hybridized carbons (Fsp3) is 0.222. The van der Waals surface area contributed by atoms with Gasteiger partial charge in [0.2, 0.25) is 0 Å². The van der Waals surface area contributed by atoms with Crippen LogP contribution < -0.4 is 0 Å². The minimum Gasteiger partial charge on any atom is -0.381 e. The fourth-order valence-electron chi connectivity index (χ4n) is 3.45. The van der Waals surface area contributed by atoms with Crippen molar-refractivity contribution in [3.63, 3.8) is 0 Å². The lowest BCUT2D eigenvalue weighted by atomic mass is 9.93. The SMILES string of the molecule is COC1Cc2c(c3ccccc3c3ccccc23)C1. The third kappa shape index (κ3) is 1.52. The first kappa shape index (κ1) is 11.0. The van der Waals surface area contributed by atoms with Crippen LogP contribution in [-0.2, 0) is 17.6 Å². The van der Waals surface area contributed by atoms with Gasteiger partial charge in [-0.3, -0.25) is 0 Å². The van der Waals surface area contributed by atoms with Crippen molar-refractivity contribution in [1.82, 2.24) is 0 Å². The molecular formula is C18H16O. The van der Waals surface area contributed by atoms with E-state index in [0.717, 1.165) is 12.8 Å². The van der Waals surface area contributed by atoms with E-state index in [1.165, 1.54) is 32.7 Å². The molecule has 1 nitrogen and oxygen atoms in total. The van der Waals surface area contributed by atoms with Crippen molar-refractivity contribution >= 4 is 21.5 Å². The second kappa shape index (κ2) is 4.07. The lowest BCUT2D eigenvalue weighted by molar-refractivity contribution is 0.112. The second-order valence-corrected chi connectivity index (χ2v) is 5.31. The van der Waals surface area contributed by atoms with Gasteiger partial charge in [0.15, 0.2) is 0 Å². The first-order chi connectivity index (χ1) is 9.38. The van der Waals surface area contributed by atoms with Gasteiger partial charge in [-0.15, -0.1) is 0 Å². The highest BCUT2D eigenvalue weighted by molar-refractivity contribution is 6.11. The monoisotopic (exact) mass is 248 g/mol. The van der Waals surface area contributed by atoms with Gasteiger partial charge in [-0.25, -0.2) is 0 Å². The highest BCUT2D eigenvalue weighted by Gasteiger charge is 2.25. The molecule has 1 aliphatic carbocycles. The predicted molar refractivity (Wildman–Crippen MR) is 79.7 cm³/mol. The van der Waals surface area contributed by atoms with E-state index in [1.807, 2.05) is 7.11 Å². The lowest BCUT2D eigenvalue weighted by Crippen LogP contribution is -2.08. The van der Waals surface area contributed by atoms with Crippen molar-refractivity contribution in [3.8, 4) is 0 Å². The van der Waals surface area contributed by atoms with E-state index in [1.54, 1.807) is 0 Å². The summed E-state index contributed by atoms with van der Waals surface area (Å²) in [4.78, 5) is 0. The molecule has 4 rings (SSSR count). The Bertz CT molecular complexity index is 708. The van der Waals surface area contributed by atoms with Gasteiger partial charge in [0, 0.05) is 7.11 Å². The number of ether oxygens (including phenoxy) is 1. The van der Waals surface area contributed by atoms with Crippen LogP contribution in [0.1, 0.15) is 11.1 Å². The standard InChI is InChI=1S/C18H16O/c1-19-12-10-17-15-8-4-2-6-13(15)14-7-3-5-9-16(14)18(17)11-12/h2-9,12H,10-11H2,1H3. The average molecular weight is 248 g/mol. The summed E-state index contributed by atoms with van der Waals surface area (Å²) in [6.45, 7) is 0.